The third-order valence-electron chi connectivity index (χ3n) is 7.07. The number of carbonyl (C=O) groups is 2. The van der Waals surface area contributed by atoms with E-state index in [0.29, 0.717) is 29.0 Å². The van der Waals surface area contributed by atoms with Crippen molar-refractivity contribution in [2.75, 3.05) is 0 Å². The monoisotopic (exact) mass is 412 g/mol. The number of halogens is 2. The van der Waals surface area contributed by atoms with E-state index in [9.17, 15) is 14.0 Å². The molecule has 3 fully saturated rings. The summed E-state index contributed by atoms with van der Waals surface area (Å²) >= 11 is 5.81. The average molecular weight is 413 g/mol. The molecule has 0 amide bonds. The molecule has 150 valence electrons. The van der Waals surface area contributed by atoms with Crippen LogP contribution in [0.3, 0.4) is 0 Å². The zero-order valence-electron chi connectivity index (χ0n) is 16.2. The maximum Gasteiger partial charge on any atom is 0.167 e. The van der Waals surface area contributed by atoms with E-state index in [4.69, 9.17) is 16.3 Å². The smallest absolute Gasteiger partial charge is 0.167 e. The second kappa shape index (κ2) is 6.94. The Kier molecular flexibility index (Phi) is 4.50. The Bertz CT molecular complexity index is 989. The lowest BCUT2D eigenvalue weighted by Crippen LogP contribution is -2.24. The van der Waals surface area contributed by atoms with Gasteiger partial charge in [-0.05, 0) is 79.0 Å². The Labute approximate surface area is 174 Å². The molecule has 0 aromatic heterocycles. The first-order valence-electron chi connectivity index (χ1n) is 10.3. The number of hydrogen-bond acceptors (Lipinski definition) is 3. The third kappa shape index (κ3) is 2.92. The van der Waals surface area contributed by atoms with Gasteiger partial charge in [-0.25, -0.2) is 4.39 Å². The molecule has 0 heterocycles. The third-order valence-corrected chi connectivity index (χ3v) is 7.31. The van der Waals surface area contributed by atoms with E-state index in [1.165, 1.54) is 12.1 Å². The highest BCUT2D eigenvalue weighted by Gasteiger charge is 2.61. The molecule has 1 unspecified atom stereocenters. The lowest BCUT2D eigenvalue weighted by atomic mass is 9.81. The van der Waals surface area contributed by atoms with Crippen LogP contribution in [0.15, 0.2) is 36.4 Å². The molecule has 2 aromatic carbocycles. The quantitative estimate of drug-likeness (QED) is 0.602. The van der Waals surface area contributed by atoms with Gasteiger partial charge in [0.1, 0.15) is 11.7 Å². The summed E-state index contributed by atoms with van der Waals surface area (Å²) in [5.41, 5.74) is 1.69. The topological polar surface area (TPSA) is 43.4 Å². The predicted molar refractivity (Wildman–Crippen MR) is 108 cm³/mol. The van der Waals surface area contributed by atoms with Crippen molar-refractivity contribution >= 4 is 23.2 Å². The normalized spacial score (nSPS) is 30.1. The molecule has 0 radical (unpaired) electrons. The molecule has 29 heavy (non-hydrogen) atoms. The summed E-state index contributed by atoms with van der Waals surface area (Å²) in [6.45, 7) is 2.01. The molecule has 5 rings (SSSR count). The largest absolute Gasteiger partial charge is 0.454 e. The number of ether oxygens (including phenoxy) is 1. The molecule has 5 heteroatoms. The predicted octanol–water partition coefficient (Wildman–Crippen LogP) is 5.73. The van der Waals surface area contributed by atoms with E-state index in [1.807, 2.05) is 13.0 Å². The van der Waals surface area contributed by atoms with Gasteiger partial charge in [0.25, 0.3) is 0 Å². The fourth-order valence-corrected chi connectivity index (χ4v) is 6.01. The Balaban J connectivity index is 1.50. The van der Waals surface area contributed by atoms with E-state index in [-0.39, 0.29) is 29.2 Å². The first-order chi connectivity index (χ1) is 14.0. The summed E-state index contributed by atoms with van der Waals surface area (Å²) < 4.78 is 19.9. The molecule has 0 spiro atoms. The van der Waals surface area contributed by atoms with E-state index >= 15 is 0 Å². The van der Waals surface area contributed by atoms with Crippen LogP contribution in [-0.4, -0.2) is 11.6 Å². The molecule has 3 saturated carbocycles. The lowest BCUT2D eigenvalue weighted by molar-refractivity contribution is -0.125. The first kappa shape index (κ1) is 18.8. The maximum absolute atomic E-state index is 14.1. The second-order valence-electron chi connectivity index (χ2n) is 8.51. The summed E-state index contributed by atoms with van der Waals surface area (Å²) in [5.74, 6) is -0.0856. The van der Waals surface area contributed by atoms with Gasteiger partial charge < -0.3 is 4.74 Å². The minimum absolute atomic E-state index is 0.0589. The number of benzene rings is 2. The van der Waals surface area contributed by atoms with E-state index in [0.717, 1.165) is 30.4 Å². The van der Waals surface area contributed by atoms with Crippen molar-refractivity contribution in [1.82, 2.24) is 0 Å². The van der Waals surface area contributed by atoms with E-state index in [1.54, 1.807) is 18.2 Å². The van der Waals surface area contributed by atoms with Crippen molar-refractivity contribution < 1.29 is 18.7 Å². The van der Waals surface area contributed by atoms with E-state index < -0.39 is 11.7 Å². The molecular weight excluding hydrogens is 391 g/mol. The maximum atomic E-state index is 14.1. The van der Waals surface area contributed by atoms with Crippen LogP contribution in [0.2, 0.25) is 5.02 Å². The zero-order valence-corrected chi connectivity index (χ0v) is 16.9. The minimum atomic E-state index is -0.707. The lowest BCUT2D eigenvalue weighted by Gasteiger charge is -2.21. The van der Waals surface area contributed by atoms with Gasteiger partial charge in [-0.1, -0.05) is 24.6 Å². The summed E-state index contributed by atoms with van der Waals surface area (Å²) in [6.07, 6.45) is 3.87. The molecule has 3 nitrogen and oxygen atoms in total. The summed E-state index contributed by atoms with van der Waals surface area (Å²) in [6, 6.07) is 9.60. The first-order valence-corrected chi connectivity index (χ1v) is 10.7. The van der Waals surface area contributed by atoms with Crippen LogP contribution in [0.4, 0.5) is 4.39 Å². The van der Waals surface area contributed by atoms with Crippen molar-refractivity contribution in [1.29, 1.82) is 0 Å². The van der Waals surface area contributed by atoms with Crippen molar-refractivity contribution in [3.63, 3.8) is 0 Å². The molecule has 0 aliphatic heterocycles. The Morgan fingerprint density at radius 1 is 1.03 bits per heavy atom. The summed E-state index contributed by atoms with van der Waals surface area (Å²) in [5, 5.41) is 0.292. The van der Waals surface area contributed by atoms with Crippen LogP contribution >= 0.6 is 11.6 Å². The molecule has 2 aromatic rings. The molecule has 3 aliphatic carbocycles. The van der Waals surface area contributed by atoms with Crippen molar-refractivity contribution in [3.8, 4) is 11.5 Å². The second-order valence-corrected chi connectivity index (χ2v) is 8.95. The number of Topliss-reactive ketones (excluding diaryl/α,β-unsaturated/α-hetero) is 2. The van der Waals surface area contributed by atoms with Crippen LogP contribution in [0, 0.1) is 29.5 Å². The number of aryl methyl sites for hydroxylation is 1. The van der Waals surface area contributed by atoms with Gasteiger partial charge in [-0.3, -0.25) is 9.59 Å². The highest BCUT2D eigenvalue weighted by molar-refractivity contribution is 6.30. The van der Waals surface area contributed by atoms with Crippen LogP contribution in [-0.2, 0) is 16.0 Å². The van der Waals surface area contributed by atoms with Crippen molar-refractivity contribution in [2.45, 2.75) is 38.5 Å². The summed E-state index contributed by atoms with van der Waals surface area (Å²) in [4.78, 5) is 26.6. The molecule has 3 aliphatic rings. The number of fused-ring (bicyclic) bond motifs is 5. The number of carbonyl (C=O) groups excluding carboxylic acids is 2. The van der Waals surface area contributed by atoms with Gasteiger partial charge in [0.15, 0.2) is 23.1 Å². The van der Waals surface area contributed by atoms with Gasteiger partial charge in [0.2, 0.25) is 0 Å². The van der Waals surface area contributed by atoms with Gasteiger partial charge in [0.05, 0.1) is 0 Å². The van der Waals surface area contributed by atoms with Crippen molar-refractivity contribution in [3.05, 3.63) is 58.4 Å². The number of ketones is 2. The Hall–Kier alpha value is -2.20. The van der Waals surface area contributed by atoms with E-state index in [2.05, 4.69) is 0 Å². The SMILES string of the molecule is CCc1ccc(Oc2ccc(Cl)cc2F)cc1C1C(=O)[C@@H]2[C@@H]3CC[C@@H](C3)[C@@H]2C1=O. The number of rotatable bonds is 4. The zero-order chi connectivity index (χ0) is 20.3. The molecular formula is C24H22ClFO3. The fraction of sp³-hybridized carbons (Fsp3) is 0.417. The summed E-state index contributed by atoms with van der Waals surface area (Å²) in [7, 11) is 0. The Morgan fingerprint density at radius 3 is 2.34 bits per heavy atom. The fourth-order valence-electron chi connectivity index (χ4n) is 5.85. The molecule has 0 N–H and O–H groups in total. The average Bonchev–Trinajstić information content (AvgIpc) is 3.38. The minimum Gasteiger partial charge on any atom is -0.454 e. The molecule has 2 bridgehead atoms. The van der Waals surface area contributed by atoms with Crippen molar-refractivity contribution in [2.24, 2.45) is 23.7 Å². The van der Waals surface area contributed by atoms with Crippen LogP contribution < -0.4 is 4.74 Å². The molecule has 0 saturated heterocycles. The van der Waals surface area contributed by atoms with Crippen LogP contribution in [0.5, 0.6) is 11.5 Å². The van der Waals surface area contributed by atoms with Crippen LogP contribution in [0.25, 0.3) is 0 Å². The highest BCUT2D eigenvalue weighted by atomic mass is 35.5. The highest BCUT2D eigenvalue weighted by Crippen LogP contribution is 2.59. The Morgan fingerprint density at radius 2 is 1.72 bits per heavy atom. The van der Waals surface area contributed by atoms with Gasteiger partial charge in [0, 0.05) is 16.9 Å². The van der Waals surface area contributed by atoms with Gasteiger partial charge in [-0.2, -0.15) is 0 Å². The van der Waals surface area contributed by atoms with Crippen LogP contribution in [0.1, 0.15) is 43.2 Å². The number of hydrogen-bond donors (Lipinski definition) is 0. The molecule has 5 atom stereocenters. The van der Waals surface area contributed by atoms with Gasteiger partial charge in [-0.15, -0.1) is 0 Å². The van der Waals surface area contributed by atoms with Gasteiger partial charge >= 0.3 is 0 Å². The standard InChI is InChI=1S/C24H22ClFO3/c1-2-12-5-7-16(29-19-8-6-15(25)10-18(19)26)11-17(12)22-23(27)20-13-3-4-14(9-13)21(20)24(22)28/h5-8,10-11,13-14,20-22H,2-4,9H2,1H3/t13-,14+,20-,21+,22?.